The molecule has 0 spiro atoms. The molecule has 0 radical (unpaired) electrons. The Morgan fingerprint density at radius 3 is 2.67 bits per heavy atom. The van der Waals surface area contributed by atoms with Crippen molar-refractivity contribution in [2.75, 3.05) is 13.7 Å². The number of carbonyl (C=O) groups is 2. The summed E-state index contributed by atoms with van der Waals surface area (Å²) in [5.41, 5.74) is 2.17. The highest BCUT2D eigenvalue weighted by Gasteiger charge is 2.35. The van der Waals surface area contributed by atoms with Crippen molar-refractivity contribution in [3.8, 4) is 11.5 Å². The zero-order valence-electron chi connectivity index (χ0n) is 17.7. The smallest absolute Gasteiger partial charge is 0.251 e. The van der Waals surface area contributed by atoms with E-state index in [0.717, 1.165) is 35.6 Å². The molecule has 0 aliphatic carbocycles. The number of ether oxygens (including phenoxy) is 2. The predicted octanol–water partition coefficient (Wildman–Crippen LogP) is 3.85. The highest BCUT2D eigenvalue weighted by Crippen LogP contribution is 2.41. The highest BCUT2D eigenvalue weighted by atomic mass is 16.5. The van der Waals surface area contributed by atoms with E-state index in [4.69, 9.17) is 9.47 Å². The lowest BCUT2D eigenvalue weighted by Crippen LogP contribution is -2.41. The second kappa shape index (κ2) is 8.01. The number of carbonyl (C=O) groups excluding carboxylic acids is 2. The van der Waals surface area contributed by atoms with Gasteiger partial charge in [0.25, 0.3) is 5.91 Å². The standard InChI is InChI=1S/C24H28N2O4/c1-24(2)14-20(19-13-18(29-3)10-11-21(19)30-24)25-23(28)17-8-6-16(7-9-17)15-26-12-4-5-22(26)27/h6-11,13,20H,4-5,12,14-15H2,1-3H3,(H,25,28)/t20-/m1/s1. The van der Waals surface area contributed by atoms with Crippen LogP contribution >= 0.6 is 0 Å². The Hall–Kier alpha value is -3.02. The Morgan fingerprint density at radius 1 is 1.23 bits per heavy atom. The first-order valence-corrected chi connectivity index (χ1v) is 10.4. The molecule has 0 saturated carbocycles. The van der Waals surface area contributed by atoms with Crippen molar-refractivity contribution in [1.29, 1.82) is 0 Å². The summed E-state index contributed by atoms with van der Waals surface area (Å²) in [6.45, 7) is 5.45. The second-order valence-corrected chi connectivity index (χ2v) is 8.61. The number of nitrogens with one attached hydrogen (secondary N) is 1. The molecule has 1 fully saturated rings. The molecule has 6 nitrogen and oxygen atoms in total. The SMILES string of the molecule is COc1ccc2c(c1)[C@H](NC(=O)c1ccc(CN3CCCC3=O)cc1)CC(C)(C)O2. The first kappa shape index (κ1) is 20.3. The summed E-state index contributed by atoms with van der Waals surface area (Å²) in [6, 6.07) is 13.0. The Morgan fingerprint density at radius 2 is 2.00 bits per heavy atom. The van der Waals surface area contributed by atoms with Crippen LogP contribution in [0.25, 0.3) is 0 Å². The quantitative estimate of drug-likeness (QED) is 0.816. The maximum Gasteiger partial charge on any atom is 0.251 e. The Kier molecular flexibility index (Phi) is 5.41. The normalized spacial score (nSPS) is 19.8. The molecule has 4 rings (SSSR count). The summed E-state index contributed by atoms with van der Waals surface area (Å²) in [7, 11) is 1.63. The van der Waals surface area contributed by atoms with Crippen LogP contribution in [-0.4, -0.2) is 36.0 Å². The van der Waals surface area contributed by atoms with Gasteiger partial charge in [0, 0.05) is 37.1 Å². The van der Waals surface area contributed by atoms with E-state index in [1.54, 1.807) is 7.11 Å². The van der Waals surface area contributed by atoms with E-state index >= 15 is 0 Å². The van der Waals surface area contributed by atoms with E-state index < -0.39 is 0 Å². The first-order chi connectivity index (χ1) is 14.3. The van der Waals surface area contributed by atoms with Gasteiger partial charge in [0.15, 0.2) is 0 Å². The highest BCUT2D eigenvalue weighted by molar-refractivity contribution is 5.94. The van der Waals surface area contributed by atoms with E-state index in [9.17, 15) is 9.59 Å². The fourth-order valence-corrected chi connectivity index (χ4v) is 4.18. The zero-order valence-corrected chi connectivity index (χ0v) is 17.7. The van der Waals surface area contributed by atoms with Crippen LogP contribution in [0.5, 0.6) is 11.5 Å². The number of rotatable bonds is 5. The van der Waals surface area contributed by atoms with Crippen LogP contribution in [0.2, 0.25) is 0 Å². The molecule has 2 aromatic carbocycles. The molecule has 0 unspecified atom stereocenters. The van der Waals surface area contributed by atoms with E-state index in [2.05, 4.69) is 5.32 Å². The molecule has 2 aromatic rings. The van der Waals surface area contributed by atoms with E-state index in [0.29, 0.717) is 24.9 Å². The molecule has 1 atom stereocenters. The molecule has 6 heteroatoms. The molecule has 2 aliphatic rings. The lowest BCUT2D eigenvalue weighted by molar-refractivity contribution is -0.128. The van der Waals surface area contributed by atoms with Gasteiger partial charge in [-0.2, -0.15) is 0 Å². The summed E-state index contributed by atoms with van der Waals surface area (Å²) in [5, 5.41) is 3.16. The van der Waals surface area contributed by atoms with Crippen molar-refractivity contribution in [3.63, 3.8) is 0 Å². The lowest BCUT2D eigenvalue weighted by atomic mass is 9.89. The fourth-order valence-electron chi connectivity index (χ4n) is 4.18. The average Bonchev–Trinajstić information content (AvgIpc) is 3.12. The van der Waals surface area contributed by atoms with Crippen LogP contribution in [0.15, 0.2) is 42.5 Å². The Balaban J connectivity index is 1.48. The van der Waals surface area contributed by atoms with Gasteiger partial charge in [-0.05, 0) is 56.2 Å². The maximum atomic E-state index is 12.9. The Labute approximate surface area is 177 Å². The maximum absolute atomic E-state index is 12.9. The van der Waals surface area contributed by atoms with Crippen molar-refractivity contribution in [1.82, 2.24) is 10.2 Å². The molecule has 1 N–H and O–H groups in total. The topological polar surface area (TPSA) is 67.9 Å². The average molecular weight is 408 g/mol. The number of amides is 2. The number of hydrogen-bond acceptors (Lipinski definition) is 4. The van der Waals surface area contributed by atoms with E-state index in [-0.39, 0.29) is 23.5 Å². The minimum atomic E-state index is -0.383. The number of likely N-dealkylation sites (tertiary alicyclic amines) is 1. The molecule has 2 aliphatic heterocycles. The number of hydrogen-bond donors (Lipinski definition) is 1. The zero-order chi connectivity index (χ0) is 21.3. The molecule has 2 heterocycles. The van der Waals surface area contributed by atoms with Crippen molar-refractivity contribution < 1.29 is 19.1 Å². The molecular weight excluding hydrogens is 380 g/mol. The van der Waals surface area contributed by atoms with Crippen molar-refractivity contribution in [2.45, 2.75) is 51.3 Å². The van der Waals surface area contributed by atoms with Gasteiger partial charge in [0.1, 0.15) is 17.1 Å². The third-order valence-electron chi connectivity index (χ3n) is 5.74. The largest absolute Gasteiger partial charge is 0.497 e. The summed E-state index contributed by atoms with van der Waals surface area (Å²) in [4.78, 5) is 26.6. The van der Waals surface area contributed by atoms with Crippen LogP contribution in [0.1, 0.15) is 60.6 Å². The van der Waals surface area contributed by atoms with E-state index in [1.165, 1.54) is 0 Å². The van der Waals surface area contributed by atoms with Gasteiger partial charge in [-0.1, -0.05) is 12.1 Å². The molecule has 0 aromatic heterocycles. The summed E-state index contributed by atoms with van der Waals surface area (Å²) < 4.78 is 11.4. The Bertz CT molecular complexity index is 952. The van der Waals surface area contributed by atoms with Crippen molar-refractivity contribution in [2.24, 2.45) is 0 Å². The third kappa shape index (κ3) is 4.27. The summed E-state index contributed by atoms with van der Waals surface area (Å²) in [6.07, 6.45) is 2.22. The number of benzene rings is 2. The van der Waals surface area contributed by atoms with Crippen LogP contribution in [0.4, 0.5) is 0 Å². The number of fused-ring (bicyclic) bond motifs is 1. The van der Waals surface area contributed by atoms with Gasteiger partial charge in [0.2, 0.25) is 5.91 Å². The van der Waals surface area contributed by atoms with Crippen LogP contribution in [0, 0.1) is 0 Å². The molecule has 2 amide bonds. The molecule has 0 bridgehead atoms. The van der Waals surface area contributed by atoms with Gasteiger partial charge < -0.3 is 19.7 Å². The first-order valence-electron chi connectivity index (χ1n) is 10.4. The molecule has 30 heavy (non-hydrogen) atoms. The molecule has 158 valence electrons. The minimum Gasteiger partial charge on any atom is -0.497 e. The van der Waals surface area contributed by atoms with Gasteiger partial charge in [0.05, 0.1) is 13.2 Å². The molecule has 1 saturated heterocycles. The molecular formula is C24H28N2O4. The van der Waals surface area contributed by atoms with Gasteiger partial charge >= 0.3 is 0 Å². The van der Waals surface area contributed by atoms with E-state index in [1.807, 2.05) is 61.2 Å². The van der Waals surface area contributed by atoms with Crippen molar-refractivity contribution in [3.05, 3.63) is 59.2 Å². The van der Waals surface area contributed by atoms with Gasteiger partial charge in [-0.3, -0.25) is 9.59 Å². The predicted molar refractivity (Wildman–Crippen MR) is 114 cm³/mol. The van der Waals surface area contributed by atoms with Crippen LogP contribution in [0.3, 0.4) is 0 Å². The summed E-state index contributed by atoms with van der Waals surface area (Å²) in [5.74, 6) is 1.57. The number of nitrogens with zero attached hydrogens (tertiary/aromatic N) is 1. The second-order valence-electron chi connectivity index (χ2n) is 8.61. The number of methoxy groups -OCH3 is 1. The monoisotopic (exact) mass is 408 g/mol. The van der Waals surface area contributed by atoms with Crippen LogP contribution < -0.4 is 14.8 Å². The third-order valence-corrected chi connectivity index (χ3v) is 5.74. The van der Waals surface area contributed by atoms with Crippen molar-refractivity contribution >= 4 is 11.8 Å². The summed E-state index contributed by atoms with van der Waals surface area (Å²) >= 11 is 0. The van der Waals surface area contributed by atoms with Gasteiger partial charge in [-0.15, -0.1) is 0 Å². The fraction of sp³-hybridized carbons (Fsp3) is 0.417. The lowest BCUT2D eigenvalue weighted by Gasteiger charge is -2.38. The minimum absolute atomic E-state index is 0.129. The van der Waals surface area contributed by atoms with Gasteiger partial charge in [-0.25, -0.2) is 0 Å². The van der Waals surface area contributed by atoms with Crippen LogP contribution in [-0.2, 0) is 11.3 Å².